The van der Waals surface area contributed by atoms with Gasteiger partial charge in [-0.2, -0.15) is 0 Å². The van der Waals surface area contributed by atoms with Crippen LogP contribution in [0.3, 0.4) is 0 Å². The molecule has 0 unspecified atom stereocenters. The van der Waals surface area contributed by atoms with E-state index in [2.05, 4.69) is 56.0 Å². The molecule has 3 rings (SSSR count). The zero-order valence-corrected chi connectivity index (χ0v) is 22.9. The van der Waals surface area contributed by atoms with Crippen LogP contribution in [0.2, 0.25) is 0 Å². The highest BCUT2D eigenvalue weighted by Gasteiger charge is 2.43. The average molecular weight is 496 g/mol. The molecule has 1 amide bonds. The maximum Gasteiger partial charge on any atom is 0.222 e. The van der Waals surface area contributed by atoms with Gasteiger partial charge in [-0.3, -0.25) is 4.79 Å². The van der Waals surface area contributed by atoms with Gasteiger partial charge in [0, 0.05) is 31.8 Å². The summed E-state index contributed by atoms with van der Waals surface area (Å²) in [6.45, 7) is 8.24. The number of allylic oxidation sites excluding steroid dienone is 2. The highest BCUT2D eigenvalue weighted by molar-refractivity contribution is 5.76. The lowest BCUT2D eigenvalue weighted by Gasteiger charge is -2.22. The van der Waals surface area contributed by atoms with Crippen LogP contribution in [0.15, 0.2) is 48.1 Å². The minimum Gasteiger partial charge on any atom is -0.392 e. The minimum atomic E-state index is -0.529. The van der Waals surface area contributed by atoms with Crippen LogP contribution in [0.25, 0.3) is 0 Å². The molecule has 36 heavy (non-hydrogen) atoms. The molecule has 2 N–H and O–H groups in total. The molecule has 2 aliphatic rings. The van der Waals surface area contributed by atoms with Crippen molar-refractivity contribution in [3.8, 4) is 0 Å². The third-order valence-electron chi connectivity index (χ3n) is 8.09. The van der Waals surface area contributed by atoms with E-state index in [1.54, 1.807) is 0 Å². The standard InChI is InChI=1S/C32H49NO3/c1-4-6-17-33(18-7-5-2)32(36)14-9-8-12-26-20-27-23-31(35)29(30(27)22-26)16-15-28(34)21-25-13-10-11-24(3)19-25/h10-11,13,15-16,19-20,27-31,34-35H,4-9,12,14,17-18,21-23H2,1-3H3/t27-,28-,29+,30-,31+/m0/s1. The van der Waals surface area contributed by atoms with Gasteiger partial charge in [0.25, 0.3) is 0 Å². The summed E-state index contributed by atoms with van der Waals surface area (Å²) in [6, 6.07) is 8.27. The van der Waals surface area contributed by atoms with E-state index in [1.165, 1.54) is 11.1 Å². The first-order valence-electron chi connectivity index (χ1n) is 14.5. The zero-order chi connectivity index (χ0) is 25.9. The molecule has 0 heterocycles. The van der Waals surface area contributed by atoms with Crippen molar-refractivity contribution in [1.82, 2.24) is 4.90 Å². The van der Waals surface area contributed by atoms with Crippen LogP contribution in [0, 0.1) is 24.7 Å². The monoisotopic (exact) mass is 495 g/mol. The van der Waals surface area contributed by atoms with Gasteiger partial charge in [0.2, 0.25) is 5.91 Å². The van der Waals surface area contributed by atoms with E-state index >= 15 is 0 Å². The number of aliphatic hydroxyl groups is 2. The fraction of sp³-hybridized carbons (Fsp3) is 0.656. The van der Waals surface area contributed by atoms with E-state index in [0.717, 1.165) is 76.4 Å². The van der Waals surface area contributed by atoms with Crippen molar-refractivity contribution in [3.05, 3.63) is 59.2 Å². The van der Waals surface area contributed by atoms with Gasteiger partial charge in [0.05, 0.1) is 12.2 Å². The van der Waals surface area contributed by atoms with Crippen molar-refractivity contribution in [2.75, 3.05) is 13.1 Å². The summed E-state index contributed by atoms with van der Waals surface area (Å²) in [4.78, 5) is 14.8. The van der Waals surface area contributed by atoms with Crippen molar-refractivity contribution in [3.63, 3.8) is 0 Å². The first-order chi connectivity index (χ1) is 17.4. The molecular formula is C32H49NO3. The lowest BCUT2D eigenvalue weighted by molar-refractivity contribution is -0.131. The topological polar surface area (TPSA) is 60.8 Å². The molecule has 1 saturated carbocycles. The maximum absolute atomic E-state index is 12.7. The van der Waals surface area contributed by atoms with Crippen LogP contribution in [0.5, 0.6) is 0 Å². The summed E-state index contributed by atoms with van der Waals surface area (Å²) >= 11 is 0. The molecule has 200 valence electrons. The zero-order valence-electron chi connectivity index (χ0n) is 22.9. The predicted molar refractivity (Wildman–Crippen MR) is 149 cm³/mol. The van der Waals surface area contributed by atoms with E-state index in [4.69, 9.17) is 0 Å². The van der Waals surface area contributed by atoms with Crippen LogP contribution >= 0.6 is 0 Å². The molecule has 0 spiro atoms. The lowest BCUT2D eigenvalue weighted by atomic mass is 9.88. The van der Waals surface area contributed by atoms with E-state index < -0.39 is 6.10 Å². The van der Waals surface area contributed by atoms with Gasteiger partial charge in [0.15, 0.2) is 0 Å². The Morgan fingerprint density at radius 2 is 1.89 bits per heavy atom. The quantitative estimate of drug-likeness (QED) is 0.219. The summed E-state index contributed by atoms with van der Waals surface area (Å²) in [5.74, 6) is 1.33. The van der Waals surface area contributed by atoms with Crippen molar-refractivity contribution >= 4 is 5.91 Å². The van der Waals surface area contributed by atoms with Gasteiger partial charge in [0.1, 0.15) is 0 Å². The molecule has 4 nitrogen and oxygen atoms in total. The molecular weight excluding hydrogens is 446 g/mol. The number of amides is 1. The Bertz CT molecular complexity index is 868. The fourth-order valence-electron chi connectivity index (χ4n) is 6.04. The Morgan fingerprint density at radius 1 is 1.14 bits per heavy atom. The fourth-order valence-corrected chi connectivity index (χ4v) is 6.04. The van der Waals surface area contributed by atoms with Crippen molar-refractivity contribution in [2.45, 2.75) is 104 Å². The number of aryl methyl sites for hydroxylation is 1. The van der Waals surface area contributed by atoms with Gasteiger partial charge < -0.3 is 15.1 Å². The van der Waals surface area contributed by atoms with Crippen molar-refractivity contribution in [1.29, 1.82) is 0 Å². The second-order valence-corrected chi connectivity index (χ2v) is 11.2. The number of hydrogen-bond donors (Lipinski definition) is 2. The van der Waals surface area contributed by atoms with Gasteiger partial charge in [-0.15, -0.1) is 0 Å². The van der Waals surface area contributed by atoms with Crippen molar-refractivity contribution in [2.24, 2.45) is 17.8 Å². The van der Waals surface area contributed by atoms with Gasteiger partial charge in [-0.25, -0.2) is 0 Å². The van der Waals surface area contributed by atoms with Gasteiger partial charge in [-0.1, -0.05) is 80.3 Å². The minimum absolute atomic E-state index is 0.114. The number of rotatable bonds is 15. The van der Waals surface area contributed by atoms with E-state index in [9.17, 15) is 15.0 Å². The van der Waals surface area contributed by atoms with Crippen LogP contribution in [-0.4, -0.2) is 46.3 Å². The molecule has 5 atom stereocenters. The first kappa shape index (κ1) is 28.7. The van der Waals surface area contributed by atoms with Gasteiger partial charge >= 0.3 is 0 Å². The number of aliphatic hydroxyl groups excluding tert-OH is 2. The molecule has 0 aromatic heterocycles. The molecule has 0 saturated heterocycles. The molecule has 2 aliphatic carbocycles. The molecule has 1 fully saturated rings. The van der Waals surface area contributed by atoms with E-state index in [1.807, 2.05) is 12.1 Å². The number of benzene rings is 1. The SMILES string of the molecule is CCCCN(CCCC)C(=O)CCCCC1=C[C@H]2C[C@@H](O)[C@H](C=C[C@H](O)Cc3cccc(C)c3)[C@H]2C1. The highest BCUT2D eigenvalue weighted by atomic mass is 16.3. The molecule has 1 aromatic carbocycles. The highest BCUT2D eigenvalue weighted by Crippen LogP contribution is 2.48. The molecule has 0 radical (unpaired) electrons. The van der Waals surface area contributed by atoms with Crippen LogP contribution < -0.4 is 0 Å². The Morgan fingerprint density at radius 3 is 2.58 bits per heavy atom. The number of hydrogen-bond acceptors (Lipinski definition) is 3. The summed E-state index contributed by atoms with van der Waals surface area (Å²) in [5.41, 5.74) is 3.84. The third-order valence-corrected chi connectivity index (χ3v) is 8.09. The normalized spacial score (nSPS) is 24.2. The Hall–Kier alpha value is -1.91. The number of unbranched alkanes of at least 4 members (excludes halogenated alkanes) is 3. The Kier molecular flexibility index (Phi) is 11.7. The maximum atomic E-state index is 12.7. The second kappa shape index (κ2) is 14.7. The second-order valence-electron chi connectivity index (χ2n) is 11.2. The summed E-state index contributed by atoms with van der Waals surface area (Å²) in [6.07, 6.45) is 16.2. The summed E-state index contributed by atoms with van der Waals surface area (Å²) in [5, 5.41) is 21.2. The molecule has 4 heteroatoms. The predicted octanol–water partition coefficient (Wildman–Crippen LogP) is 6.39. The first-order valence-corrected chi connectivity index (χ1v) is 14.5. The van der Waals surface area contributed by atoms with Crippen molar-refractivity contribution < 1.29 is 15.0 Å². The number of carbonyl (C=O) groups excluding carboxylic acids is 1. The third kappa shape index (κ3) is 8.59. The van der Waals surface area contributed by atoms with Crippen LogP contribution in [0.4, 0.5) is 0 Å². The van der Waals surface area contributed by atoms with E-state index in [-0.39, 0.29) is 12.0 Å². The Labute approximate surface area is 219 Å². The molecule has 1 aromatic rings. The van der Waals surface area contributed by atoms with Crippen LogP contribution in [0.1, 0.15) is 89.2 Å². The van der Waals surface area contributed by atoms with Crippen LogP contribution in [-0.2, 0) is 11.2 Å². The number of nitrogens with zero attached hydrogens (tertiary/aromatic N) is 1. The largest absolute Gasteiger partial charge is 0.392 e. The molecule has 0 aliphatic heterocycles. The number of carbonyl (C=O) groups is 1. The Balaban J connectivity index is 1.42. The van der Waals surface area contributed by atoms with Gasteiger partial charge in [-0.05, 0) is 69.3 Å². The number of fused-ring (bicyclic) bond motifs is 1. The smallest absolute Gasteiger partial charge is 0.222 e. The molecule has 0 bridgehead atoms. The van der Waals surface area contributed by atoms with E-state index in [0.29, 0.717) is 30.6 Å². The lowest BCUT2D eigenvalue weighted by Crippen LogP contribution is -2.32. The summed E-state index contributed by atoms with van der Waals surface area (Å²) in [7, 11) is 0. The summed E-state index contributed by atoms with van der Waals surface area (Å²) < 4.78 is 0. The average Bonchev–Trinajstić information content (AvgIpc) is 3.36.